The maximum absolute atomic E-state index is 11.3. The van der Waals surface area contributed by atoms with E-state index in [1.807, 2.05) is 24.3 Å². The van der Waals surface area contributed by atoms with Gasteiger partial charge in [0.2, 0.25) is 0 Å². The van der Waals surface area contributed by atoms with Crippen LogP contribution in [0.4, 0.5) is 0 Å². The van der Waals surface area contributed by atoms with Crippen LogP contribution in [-0.2, 0) is 9.53 Å². The molecule has 0 saturated carbocycles. The standard InChI is InChI=1S/C15H14O3/c1-2-18-15(17)8-7-12-10-13(16)9-11-5-3-4-6-14(11)12/h3-10,16H,2H2,1H3. The van der Waals surface area contributed by atoms with Gasteiger partial charge < -0.3 is 9.84 Å². The predicted octanol–water partition coefficient (Wildman–Crippen LogP) is 3.12. The number of esters is 1. The van der Waals surface area contributed by atoms with Crippen LogP contribution in [0.3, 0.4) is 0 Å². The maximum atomic E-state index is 11.3. The van der Waals surface area contributed by atoms with Crippen LogP contribution in [-0.4, -0.2) is 17.7 Å². The molecule has 0 fully saturated rings. The van der Waals surface area contributed by atoms with E-state index in [9.17, 15) is 9.90 Å². The highest BCUT2D eigenvalue weighted by molar-refractivity contribution is 5.95. The Morgan fingerprint density at radius 1 is 1.33 bits per heavy atom. The number of aromatic hydroxyl groups is 1. The van der Waals surface area contributed by atoms with E-state index in [4.69, 9.17) is 4.74 Å². The van der Waals surface area contributed by atoms with Crippen molar-refractivity contribution in [2.75, 3.05) is 6.61 Å². The number of phenols is 1. The lowest BCUT2D eigenvalue weighted by Crippen LogP contribution is -1.98. The molecule has 18 heavy (non-hydrogen) atoms. The lowest BCUT2D eigenvalue weighted by atomic mass is 10.0. The number of fused-ring (bicyclic) bond motifs is 1. The third-order valence-corrected chi connectivity index (χ3v) is 2.56. The fourth-order valence-corrected chi connectivity index (χ4v) is 1.81. The van der Waals surface area contributed by atoms with E-state index < -0.39 is 0 Å². The Morgan fingerprint density at radius 2 is 2.11 bits per heavy atom. The third kappa shape index (κ3) is 2.69. The second-order valence-electron chi connectivity index (χ2n) is 3.84. The van der Waals surface area contributed by atoms with Crippen LogP contribution in [0.5, 0.6) is 5.75 Å². The molecule has 3 nitrogen and oxygen atoms in total. The number of phenolic OH excluding ortho intramolecular Hbond substituents is 1. The third-order valence-electron chi connectivity index (χ3n) is 2.56. The molecule has 92 valence electrons. The van der Waals surface area contributed by atoms with Crippen molar-refractivity contribution in [1.82, 2.24) is 0 Å². The van der Waals surface area contributed by atoms with Crippen LogP contribution in [0.1, 0.15) is 12.5 Å². The van der Waals surface area contributed by atoms with E-state index in [2.05, 4.69) is 0 Å². The molecule has 2 aromatic carbocycles. The molecule has 0 atom stereocenters. The van der Waals surface area contributed by atoms with Crippen molar-refractivity contribution in [3.8, 4) is 5.75 Å². The predicted molar refractivity (Wildman–Crippen MR) is 71.3 cm³/mol. The molecule has 0 saturated heterocycles. The number of rotatable bonds is 3. The van der Waals surface area contributed by atoms with Crippen molar-refractivity contribution in [2.24, 2.45) is 0 Å². The first-order valence-corrected chi connectivity index (χ1v) is 5.77. The summed E-state index contributed by atoms with van der Waals surface area (Å²) < 4.78 is 4.82. The molecule has 0 aliphatic heterocycles. The van der Waals surface area contributed by atoms with Crippen LogP contribution in [0.25, 0.3) is 16.8 Å². The maximum Gasteiger partial charge on any atom is 0.330 e. The van der Waals surface area contributed by atoms with Gasteiger partial charge in [-0.05, 0) is 41.5 Å². The van der Waals surface area contributed by atoms with E-state index in [-0.39, 0.29) is 11.7 Å². The number of hydrogen-bond donors (Lipinski definition) is 1. The Hall–Kier alpha value is -2.29. The Morgan fingerprint density at radius 3 is 2.89 bits per heavy atom. The zero-order valence-electron chi connectivity index (χ0n) is 10.1. The molecule has 1 N–H and O–H groups in total. The molecule has 0 unspecified atom stereocenters. The Balaban J connectivity index is 2.41. The first-order chi connectivity index (χ1) is 8.70. The van der Waals surface area contributed by atoms with Crippen molar-refractivity contribution < 1.29 is 14.6 Å². The SMILES string of the molecule is CCOC(=O)C=Cc1cc(O)cc2ccccc12. The fraction of sp³-hybridized carbons (Fsp3) is 0.133. The Bertz CT molecular complexity index is 600. The van der Waals surface area contributed by atoms with Crippen molar-refractivity contribution in [2.45, 2.75) is 6.92 Å². The highest BCUT2D eigenvalue weighted by Gasteiger charge is 2.01. The summed E-state index contributed by atoms with van der Waals surface area (Å²) in [7, 11) is 0. The van der Waals surface area contributed by atoms with Gasteiger partial charge in [0.05, 0.1) is 6.61 Å². The average Bonchev–Trinajstić information content (AvgIpc) is 2.36. The van der Waals surface area contributed by atoms with Gasteiger partial charge >= 0.3 is 5.97 Å². The smallest absolute Gasteiger partial charge is 0.330 e. The summed E-state index contributed by atoms with van der Waals surface area (Å²) in [6.45, 7) is 2.11. The van der Waals surface area contributed by atoms with Gasteiger partial charge in [-0.25, -0.2) is 4.79 Å². The van der Waals surface area contributed by atoms with Gasteiger partial charge in [0.1, 0.15) is 5.75 Å². The molecular formula is C15H14O3. The summed E-state index contributed by atoms with van der Waals surface area (Å²) in [5.41, 5.74) is 0.790. The molecule has 0 amide bonds. The topological polar surface area (TPSA) is 46.5 Å². The molecule has 0 heterocycles. The van der Waals surface area contributed by atoms with Crippen molar-refractivity contribution in [3.05, 3.63) is 48.0 Å². The second-order valence-corrected chi connectivity index (χ2v) is 3.84. The minimum Gasteiger partial charge on any atom is -0.508 e. The van der Waals surface area contributed by atoms with Gasteiger partial charge in [0, 0.05) is 6.08 Å². The van der Waals surface area contributed by atoms with Crippen molar-refractivity contribution in [1.29, 1.82) is 0 Å². The van der Waals surface area contributed by atoms with Crippen molar-refractivity contribution in [3.63, 3.8) is 0 Å². The summed E-state index contributed by atoms with van der Waals surface area (Å²) in [4.78, 5) is 11.3. The summed E-state index contributed by atoms with van der Waals surface area (Å²) in [6, 6.07) is 11.0. The number of carbonyl (C=O) groups is 1. The molecule has 2 rings (SSSR count). The van der Waals surface area contributed by atoms with Gasteiger partial charge in [-0.2, -0.15) is 0 Å². The number of carbonyl (C=O) groups excluding carboxylic acids is 1. The zero-order chi connectivity index (χ0) is 13.0. The second kappa shape index (κ2) is 5.36. The van der Waals surface area contributed by atoms with E-state index in [1.54, 1.807) is 25.1 Å². The molecule has 2 aromatic rings. The fourth-order valence-electron chi connectivity index (χ4n) is 1.81. The zero-order valence-corrected chi connectivity index (χ0v) is 10.1. The lowest BCUT2D eigenvalue weighted by molar-refractivity contribution is -0.137. The summed E-state index contributed by atoms with van der Waals surface area (Å²) >= 11 is 0. The van der Waals surface area contributed by atoms with Gasteiger partial charge in [-0.3, -0.25) is 0 Å². The minimum atomic E-state index is -0.384. The van der Waals surface area contributed by atoms with Crippen LogP contribution < -0.4 is 0 Å². The van der Waals surface area contributed by atoms with Crippen LogP contribution in [0, 0.1) is 0 Å². The van der Waals surface area contributed by atoms with Crippen LogP contribution >= 0.6 is 0 Å². The highest BCUT2D eigenvalue weighted by Crippen LogP contribution is 2.25. The van der Waals surface area contributed by atoms with Crippen LogP contribution in [0.15, 0.2) is 42.5 Å². The molecule has 0 aliphatic rings. The van der Waals surface area contributed by atoms with E-state index in [1.165, 1.54) is 6.08 Å². The first kappa shape index (κ1) is 12.2. The Labute approximate surface area is 105 Å². The van der Waals surface area contributed by atoms with E-state index in [0.717, 1.165) is 16.3 Å². The first-order valence-electron chi connectivity index (χ1n) is 5.77. The summed E-state index contributed by atoms with van der Waals surface area (Å²) in [5.74, 6) is -0.206. The molecule has 0 aromatic heterocycles. The van der Waals surface area contributed by atoms with Gasteiger partial charge in [0.15, 0.2) is 0 Å². The number of benzene rings is 2. The molecule has 0 spiro atoms. The van der Waals surface area contributed by atoms with Gasteiger partial charge in [-0.15, -0.1) is 0 Å². The number of ether oxygens (including phenoxy) is 1. The van der Waals surface area contributed by atoms with Gasteiger partial charge in [-0.1, -0.05) is 24.3 Å². The number of hydrogen-bond acceptors (Lipinski definition) is 3. The minimum absolute atomic E-state index is 0.178. The van der Waals surface area contributed by atoms with Gasteiger partial charge in [0.25, 0.3) is 0 Å². The molecule has 3 heteroatoms. The molecular weight excluding hydrogens is 228 g/mol. The summed E-state index contributed by atoms with van der Waals surface area (Å²) in [5, 5.41) is 11.5. The largest absolute Gasteiger partial charge is 0.508 e. The Kier molecular flexibility index (Phi) is 3.63. The van der Waals surface area contributed by atoms with Crippen molar-refractivity contribution >= 4 is 22.8 Å². The molecule has 0 aliphatic carbocycles. The monoisotopic (exact) mass is 242 g/mol. The highest BCUT2D eigenvalue weighted by atomic mass is 16.5. The van der Waals surface area contributed by atoms with E-state index in [0.29, 0.717) is 6.61 Å². The normalized spacial score (nSPS) is 10.9. The average molecular weight is 242 g/mol. The molecule has 0 radical (unpaired) electrons. The van der Waals surface area contributed by atoms with Crippen LogP contribution in [0.2, 0.25) is 0 Å². The van der Waals surface area contributed by atoms with E-state index >= 15 is 0 Å². The summed E-state index contributed by atoms with van der Waals surface area (Å²) in [6.07, 6.45) is 3.02. The lowest BCUT2D eigenvalue weighted by Gasteiger charge is -2.03. The quantitative estimate of drug-likeness (QED) is 0.664. The molecule has 0 bridgehead atoms.